The fraction of sp³-hybridized carbons (Fsp3) is 0.267. The van der Waals surface area contributed by atoms with E-state index in [1.807, 2.05) is 0 Å². The summed E-state index contributed by atoms with van der Waals surface area (Å²) in [7, 11) is -3.66. The van der Waals surface area contributed by atoms with Gasteiger partial charge in [0.1, 0.15) is 4.21 Å². The molecule has 1 aromatic carbocycles. The summed E-state index contributed by atoms with van der Waals surface area (Å²) < 4.78 is 37.4. The van der Waals surface area contributed by atoms with Crippen LogP contribution in [0.4, 0.5) is 5.69 Å². The molecule has 7 nitrogen and oxygen atoms in total. The number of amides is 1. The van der Waals surface area contributed by atoms with Gasteiger partial charge in [0.25, 0.3) is 10.0 Å². The molecule has 0 atom stereocenters. The zero-order valence-corrected chi connectivity index (χ0v) is 14.3. The van der Waals surface area contributed by atoms with Gasteiger partial charge in [-0.2, -0.15) is 0 Å². The molecule has 1 amide bonds. The number of anilines is 1. The van der Waals surface area contributed by atoms with Crippen LogP contribution < -0.4 is 19.5 Å². The van der Waals surface area contributed by atoms with Gasteiger partial charge in [-0.25, -0.2) is 13.1 Å². The second-order valence-corrected chi connectivity index (χ2v) is 7.96. The number of fused-ring (bicyclic) bond motifs is 1. The second kappa shape index (κ2) is 7.20. The number of ether oxygens (including phenoxy) is 2. The first-order chi connectivity index (χ1) is 11.5. The topological polar surface area (TPSA) is 93.7 Å². The first-order valence-electron chi connectivity index (χ1n) is 7.27. The van der Waals surface area contributed by atoms with Crippen molar-refractivity contribution in [3.8, 4) is 11.5 Å². The molecule has 1 aliphatic rings. The predicted molar refractivity (Wildman–Crippen MR) is 90.2 cm³/mol. The lowest BCUT2D eigenvalue weighted by Gasteiger charge is -2.10. The molecule has 2 aromatic rings. The third kappa shape index (κ3) is 4.05. The lowest BCUT2D eigenvalue weighted by atomic mass is 10.2. The van der Waals surface area contributed by atoms with Crippen LogP contribution in [0.3, 0.4) is 0 Å². The van der Waals surface area contributed by atoms with E-state index in [-0.39, 0.29) is 10.8 Å². The van der Waals surface area contributed by atoms with Crippen molar-refractivity contribution in [1.29, 1.82) is 0 Å². The second-order valence-electron chi connectivity index (χ2n) is 5.02. The Bertz CT molecular complexity index is 818. The molecule has 0 aliphatic carbocycles. The highest BCUT2D eigenvalue weighted by molar-refractivity contribution is 7.91. The highest BCUT2D eigenvalue weighted by Gasteiger charge is 2.17. The summed E-state index contributed by atoms with van der Waals surface area (Å²) in [6.07, 6.45) is 0.793. The molecule has 0 fully saturated rings. The van der Waals surface area contributed by atoms with Crippen molar-refractivity contribution in [2.75, 3.05) is 25.1 Å². The summed E-state index contributed by atoms with van der Waals surface area (Å²) in [6, 6.07) is 8.17. The van der Waals surface area contributed by atoms with E-state index in [0.29, 0.717) is 30.4 Å². The highest BCUT2D eigenvalue weighted by Crippen LogP contribution is 2.32. The van der Waals surface area contributed by atoms with E-state index < -0.39 is 15.9 Å². The number of nitrogens with one attached hydrogen (secondary N) is 2. The van der Waals surface area contributed by atoms with Crippen molar-refractivity contribution in [2.24, 2.45) is 0 Å². The number of rotatable bonds is 5. The number of carbonyl (C=O) groups excluding carboxylic acids is 1. The fourth-order valence-corrected chi connectivity index (χ4v) is 4.11. The van der Waals surface area contributed by atoms with Crippen molar-refractivity contribution in [3.63, 3.8) is 0 Å². The smallest absolute Gasteiger partial charge is 0.250 e. The maximum Gasteiger partial charge on any atom is 0.250 e. The molecule has 0 radical (unpaired) electrons. The zero-order valence-electron chi connectivity index (χ0n) is 12.7. The fourth-order valence-electron chi connectivity index (χ4n) is 2.09. The maximum atomic E-state index is 12.0. The van der Waals surface area contributed by atoms with E-state index in [0.717, 1.165) is 17.8 Å². The maximum absolute atomic E-state index is 12.0. The normalized spacial score (nSPS) is 14.0. The van der Waals surface area contributed by atoms with Gasteiger partial charge in [-0.15, -0.1) is 11.3 Å². The van der Waals surface area contributed by atoms with Crippen molar-refractivity contribution in [2.45, 2.75) is 10.6 Å². The summed E-state index contributed by atoms with van der Waals surface area (Å²) in [4.78, 5) is 12.0. The molecule has 2 heterocycles. The van der Waals surface area contributed by atoms with Crippen LogP contribution >= 0.6 is 11.3 Å². The van der Waals surface area contributed by atoms with Crippen molar-refractivity contribution in [1.82, 2.24) is 4.72 Å². The molecule has 0 unspecified atom stereocenters. The van der Waals surface area contributed by atoms with E-state index in [4.69, 9.17) is 9.47 Å². The molecule has 9 heteroatoms. The van der Waals surface area contributed by atoms with Gasteiger partial charge in [0, 0.05) is 18.2 Å². The summed E-state index contributed by atoms with van der Waals surface area (Å²) in [5.41, 5.74) is 0.513. The van der Waals surface area contributed by atoms with Crippen LogP contribution in [0.5, 0.6) is 11.5 Å². The third-order valence-corrected chi connectivity index (χ3v) is 6.01. The number of thiophene rings is 1. The van der Waals surface area contributed by atoms with Gasteiger partial charge < -0.3 is 14.8 Å². The Kier molecular flexibility index (Phi) is 5.03. The Balaban J connectivity index is 1.60. The minimum atomic E-state index is -3.66. The van der Waals surface area contributed by atoms with Gasteiger partial charge in [0.05, 0.1) is 19.8 Å². The van der Waals surface area contributed by atoms with Crippen LogP contribution in [-0.4, -0.2) is 34.1 Å². The Labute approximate surface area is 143 Å². The number of hydrogen-bond donors (Lipinski definition) is 2. The molecule has 0 spiro atoms. The van der Waals surface area contributed by atoms with Gasteiger partial charge in [0.15, 0.2) is 11.5 Å². The standard InChI is InChI=1S/C15H16N2O5S2/c18-14(10-16-24(19,20)15-3-1-8-23-15)17-11-4-5-12-13(9-11)22-7-2-6-21-12/h1,3-5,8-9,16H,2,6-7,10H2,(H,17,18). The average Bonchev–Trinajstić information content (AvgIpc) is 3.01. The van der Waals surface area contributed by atoms with Gasteiger partial charge >= 0.3 is 0 Å². The first-order valence-corrected chi connectivity index (χ1v) is 9.63. The van der Waals surface area contributed by atoms with Crippen LogP contribution in [0.2, 0.25) is 0 Å². The third-order valence-electron chi connectivity index (χ3n) is 3.21. The minimum absolute atomic E-state index is 0.172. The number of carbonyl (C=O) groups is 1. The summed E-state index contributed by atoms with van der Waals surface area (Å²) in [6.45, 7) is 0.781. The molecular formula is C15H16N2O5S2. The van der Waals surface area contributed by atoms with Crippen LogP contribution in [0.15, 0.2) is 39.9 Å². The molecule has 1 aromatic heterocycles. The van der Waals surface area contributed by atoms with Crippen LogP contribution in [-0.2, 0) is 14.8 Å². The molecule has 128 valence electrons. The Morgan fingerprint density at radius 2 is 1.96 bits per heavy atom. The minimum Gasteiger partial charge on any atom is -0.490 e. The Hall–Kier alpha value is -2.10. The first kappa shape index (κ1) is 16.7. The Morgan fingerprint density at radius 3 is 2.71 bits per heavy atom. The van der Waals surface area contributed by atoms with E-state index in [1.165, 1.54) is 6.07 Å². The number of hydrogen-bond acceptors (Lipinski definition) is 6. The molecule has 0 saturated carbocycles. The average molecular weight is 368 g/mol. The van der Waals surface area contributed by atoms with Crippen LogP contribution in [0.1, 0.15) is 6.42 Å². The number of sulfonamides is 1. The summed E-state index contributed by atoms with van der Waals surface area (Å²) in [5, 5.41) is 4.29. The van der Waals surface area contributed by atoms with Crippen molar-refractivity contribution < 1.29 is 22.7 Å². The van der Waals surface area contributed by atoms with E-state index in [1.54, 1.807) is 29.6 Å². The molecule has 2 N–H and O–H groups in total. The van der Waals surface area contributed by atoms with E-state index in [2.05, 4.69) is 10.0 Å². The highest BCUT2D eigenvalue weighted by atomic mass is 32.2. The van der Waals surface area contributed by atoms with Gasteiger partial charge in [-0.1, -0.05) is 6.07 Å². The molecule has 3 rings (SSSR count). The Morgan fingerprint density at radius 1 is 1.17 bits per heavy atom. The van der Waals surface area contributed by atoms with E-state index in [9.17, 15) is 13.2 Å². The van der Waals surface area contributed by atoms with E-state index >= 15 is 0 Å². The van der Waals surface area contributed by atoms with Gasteiger partial charge in [-0.05, 0) is 23.6 Å². The lowest BCUT2D eigenvalue weighted by Crippen LogP contribution is -2.32. The summed E-state index contributed by atoms with van der Waals surface area (Å²) in [5.74, 6) is 0.720. The number of benzene rings is 1. The zero-order chi connectivity index (χ0) is 17.0. The van der Waals surface area contributed by atoms with Crippen molar-refractivity contribution >= 4 is 33.0 Å². The van der Waals surface area contributed by atoms with Gasteiger partial charge in [-0.3, -0.25) is 4.79 Å². The lowest BCUT2D eigenvalue weighted by molar-refractivity contribution is -0.115. The largest absolute Gasteiger partial charge is 0.490 e. The summed E-state index contributed by atoms with van der Waals surface area (Å²) >= 11 is 1.09. The van der Waals surface area contributed by atoms with Crippen molar-refractivity contribution in [3.05, 3.63) is 35.7 Å². The quantitative estimate of drug-likeness (QED) is 0.840. The van der Waals surface area contributed by atoms with Crippen LogP contribution in [0.25, 0.3) is 0 Å². The van der Waals surface area contributed by atoms with Crippen LogP contribution in [0, 0.1) is 0 Å². The molecule has 0 bridgehead atoms. The van der Waals surface area contributed by atoms with Gasteiger partial charge in [0.2, 0.25) is 5.91 Å². The SMILES string of the molecule is O=C(CNS(=O)(=O)c1cccs1)Nc1ccc2c(c1)OCCCO2. The monoisotopic (exact) mass is 368 g/mol. The molecule has 24 heavy (non-hydrogen) atoms. The molecule has 1 aliphatic heterocycles. The molecule has 0 saturated heterocycles. The molecular weight excluding hydrogens is 352 g/mol. The predicted octanol–water partition coefficient (Wildman–Crippen LogP) is 1.83.